The van der Waals surface area contributed by atoms with E-state index in [2.05, 4.69) is 6.07 Å². The molecule has 7 nitrogen and oxygen atoms in total. The molecule has 2 aromatic rings. The van der Waals surface area contributed by atoms with Gasteiger partial charge in [-0.3, -0.25) is 4.79 Å². The number of benzene rings is 2. The third-order valence-electron chi connectivity index (χ3n) is 5.29. The minimum atomic E-state index is -0.0223. The SMILES string of the molecule is COc1ccc(C[NH+]2CCN(C(=O)c3cccc(OC)c3OC)CC2)cc1OC. The van der Waals surface area contributed by atoms with Gasteiger partial charge >= 0.3 is 0 Å². The van der Waals surface area contributed by atoms with Gasteiger partial charge in [-0.25, -0.2) is 0 Å². The number of para-hydroxylation sites is 1. The second-order valence-corrected chi connectivity index (χ2v) is 6.95. The Labute approximate surface area is 171 Å². The van der Waals surface area contributed by atoms with Crippen molar-refractivity contribution in [3.63, 3.8) is 0 Å². The molecule has 1 fully saturated rings. The minimum absolute atomic E-state index is 0.0223. The highest BCUT2D eigenvalue weighted by Crippen LogP contribution is 2.31. The maximum Gasteiger partial charge on any atom is 0.258 e. The molecule has 1 N–H and O–H groups in total. The molecule has 1 heterocycles. The highest BCUT2D eigenvalue weighted by molar-refractivity contribution is 5.97. The van der Waals surface area contributed by atoms with Crippen LogP contribution >= 0.6 is 0 Å². The van der Waals surface area contributed by atoms with Crippen LogP contribution in [0.1, 0.15) is 15.9 Å². The zero-order valence-electron chi connectivity index (χ0n) is 17.5. The van der Waals surface area contributed by atoms with Crippen LogP contribution in [0.25, 0.3) is 0 Å². The zero-order chi connectivity index (χ0) is 20.8. The van der Waals surface area contributed by atoms with Gasteiger partial charge in [0.05, 0.1) is 60.2 Å². The number of nitrogens with one attached hydrogen (secondary N) is 1. The first-order valence-electron chi connectivity index (χ1n) is 9.66. The van der Waals surface area contributed by atoms with Crippen molar-refractivity contribution in [2.24, 2.45) is 0 Å². The van der Waals surface area contributed by atoms with Crippen LogP contribution in [0, 0.1) is 0 Å². The molecule has 1 amide bonds. The van der Waals surface area contributed by atoms with Crippen molar-refractivity contribution in [3.8, 4) is 23.0 Å². The largest absolute Gasteiger partial charge is 0.493 e. The Morgan fingerprint density at radius 2 is 1.59 bits per heavy atom. The smallest absolute Gasteiger partial charge is 0.258 e. The van der Waals surface area contributed by atoms with Crippen molar-refractivity contribution in [3.05, 3.63) is 47.5 Å². The molecule has 1 aliphatic rings. The summed E-state index contributed by atoms with van der Waals surface area (Å²) in [6, 6.07) is 11.4. The molecule has 0 radical (unpaired) electrons. The third kappa shape index (κ3) is 4.56. The molecular weight excluding hydrogens is 372 g/mol. The van der Waals surface area contributed by atoms with E-state index in [0.717, 1.165) is 31.1 Å². The standard InChI is InChI=1S/C22H28N2O5/c1-26-18-9-8-16(14-20(18)28-3)15-23-10-12-24(13-11-23)22(25)17-6-5-7-19(27-2)21(17)29-4/h5-9,14H,10-13,15H2,1-4H3/p+1. The highest BCUT2D eigenvalue weighted by atomic mass is 16.5. The molecule has 156 valence electrons. The van der Waals surface area contributed by atoms with E-state index in [0.29, 0.717) is 30.2 Å². The number of nitrogens with zero attached hydrogens (tertiary/aromatic N) is 1. The summed E-state index contributed by atoms with van der Waals surface area (Å²) in [6.45, 7) is 4.03. The second-order valence-electron chi connectivity index (χ2n) is 6.95. The van der Waals surface area contributed by atoms with Crippen LogP contribution < -0.4 is 23.8 Å². The summed E-state index contributed by atoms with van der Waals surface area (Å²) in [5.74, 6) is 2.50. The Balaban J connectivity index is 1.63. The van der Waals surface area contributed by atoms with Crippen LogP contribution in [0.3, 0.4) is 0 Å². The van der Waals surface area contributed by atoms with Gasteiger partial charge in [-0.05, 0) is 30.3 Å². The number of rotatable bonds is 7. The highest BCUT2D eigenvalue weighted by Gasteiger charge is 2.27. The molecule has 1 saturated heterocycles. The molecule has 0 bridgehead atoms. The summed E-state index contributed by atoms with van der Waals surface area (Å²) < 4.78 is 21.4. The maximum absolute atomic E-state index is 13.0. The number of quaternary nitrogens is 1. The molecule has 7 heteroatoms. The molecule has 3 rings (SSSR count). The van der Waals surface area contributed by atoms with Gasteiger partial charge in [-0.2, -0.15) is 0 Å². The molecular formula is C22H29N2O5+. The Morgan fingerprint density at radius 1 is 0.897 bits per heavy atom. The number of piperazine rings is 1. The van der Waals surface area contributed by atoms with Crippen molar-refractivity contribution in [1.29, 1.82) is 0 Å². The topological polar surface area (TPSA) is 61.7 Å². The van der Waals surface area contributed by atoms with Gasteiger partial charge in [0.1, 0.15) is 6.54 Å². The van der Waals surface area contributed by atoms with Gasteiger partial charge in [0.2, 0.25) is 0 Å². The summed E-state index contributed by atoms with van der Waals surface area (Å²) >= 11 is 0. The van der Waals surface area contributed by atoms with Crippen LogP contribution in [0.2, 0.25) is 0 Å². The third-order valence-corrected chi connectivity index (χ3v) is 5.29. The Morgan fingerprint density at radius 3 is 2.21 bits per heavy atom. The van der Waals surface area contributed by atoms with Crippen molar-refractivity contribution >= 4 is 5.91 Å². The van der Waals surface area contributed by atoms with Crippen LogP contribution in [-0.4, -0.2) is 65.4 Å². The van der Waals surface area contributed by atoms with E-state index < -0.39 is 0 Å². The number of ether oxygens (including phenoxy) is 4. The predicted molar refractivity (Wildman–Crippen MR) is 109 cm³/mol. The van der Waals surface area contributed by atoms with E-state index in [1.807, 2.05) is 23.1 Å². The van der Waals surface area contributed by atoms with Gasteiger partial charge in [0.15, 0.2) is 23.0 Å². The van der Waals surface area contributed by atoms with Crippen molar-refractivity contribution in [2.75, 3.05) is 54.6 Å². The van der Waals surface area contributed by atoms with E-state index >= 15 is 0 Å². The Kier molecular flexibility index (Phi) is 6.82. The number of amides is 1. The van der Waals surface area contributed by atoms with Crippen LogP contribution in [0.15, 0.2) is 36.4 Å². The minimum Gasteiger partial charge on any atom is -0.493 e. The molecule has 0 saturated carbocycles. The predicted octanol–water partition coefficient (Wildman–Crippen LogP) is 1.26. The second kappa shape index (κ2) is 9.52. The average Bonchev–Trinajstić information content (AvgIpc) is 2.78. The van der Waals surface area contributed by atoms with Crippen molar-refractivity contribution < 1.29 is 28.6 Å². The lowest BCUT2D eigenvalue weighted by molar-refractivity contribution is -0.917. The van der Waals surface area contributed by atoms with Gasteiger partial charge in [-0.15, -0.1) is 0 Å². The molecule has 1 aliphatic heterocycles. The monoisotopic (exact) mass is 401 g/mol. The van der Waals surface area contributed by atoms with Crippen LogP contribution in [-0.2, 0) is 6.54 Å². The van der Waals surface area contributed by atoms with Gasteiger partial charge in [0, 0.05) is 5.56 Å². The molecule has 0 unspecified atom stereocenters. The number of carbonyl (C=O) groups excluding carboxylic acids is 1. The van der Waals surface area contributed by atoms with E-state index in [-0.39, 0.29) is 5.91 Å². The van der Waals surface area contributed by atoms with Crippen LogP contribution in [0.4, 0.5) is 0 Å². The number of hydrogen-bond acceptors (Lipinski definition) is 5. The van der Waals surface area contributed by atoms with Crippen molar-refractivity contribution in [2.45, 2.75) is 6.54 Å². The van der Waals surface area contributed by atoms with Gasteiger partial charge < -0.3 is 28.7 Å². The number of hydrogen-bond donors (Lipinski definition) is 1. The molecule has 29 heavy (non-hydrogen) atoms. The molecule has 0 atom stereocenters. The molecule has 2 aromatic carbocycles. The Bertz CT molecular complexity index is 847. The summed E-state index contributed by atoms with van der Waals surface area (Å²) in [5, 5.41) is 0. The van der Waals surface area contributed by atoms with E-state index in [4.69, 9.17) is 18.9 Å². The fourth-order valence-electron chi connectivity index (χ4n) is 3.71. The summed E-state index contributed by atoms with van der Waals surface area (Å²) in [5.41, 5.74) is 1.72. The summed E-state index contributed by atoms with van der Waals surface area (Å²) in [4.78, 5) is 16.3. The van der Waals surface area contributed by atoms with Crippen LogP contribution in [0.5, 0.6) is 23.0 Å². The number of methoxy groups -OCH3 is 4. The molecule has 0 spiro atoms. The first kappa shape index (κ1) is 20.8. The molecule has 0 aromatic heterocycles. The lowest BCUT2D eigenvalue weighted by Crippen LogP contribution is -3.13. The maximum atomic E-state index is 13.0. The summed E-state index contributed by atoms with van der Waals surface area (Å²) in [6.07, 6.45) is 0. The van der Waals surface area contributed by atoms with Gasteiger partial charge in [-0.1, -0.05) is 6.07 Å². The first-order valence-corrected chi connectivity index (χ1v) is 9.66. The first-order chi connectivity index (χ1) is 14.1. The van der Waals surface area contributed by atoms with E-state index in [1.165, 1.54) is 10.5 Å². The fraction of sp³-hybridized carbons (Fsp3) is 0.409. The van der Waals surface area contributed by atoms with Gasteiger partial charge in [0.25, 0.3) is 5.91 Å². The van der Waals surface area contributed by atoms with Crippen molar-refractivity contribution in [1.82, 2.24) is 4.90 Å². The molecule has 0 aliphatic carbocycles. The Hall–Kier alpha value is -2.93. The summed E-state index contributed by atoms with van der Waals surface area (Å²) in [7, 11) is 6.41. The lowest BCUT2D eigenvalue weighted by atomic mass is 10.1. The normalized spacial score (nSPS) is 14.4. The average molecular weight is 401 g/mol. The number of carbonyl (C=O) groups is 1. The fourth-order valence-corrected chi connectivity index (χ4v) is 3.71. The zero-order valence-corrected chi connectivity index (χ0v) is 17.5. The lowest BCUT2D eigenvalue weighted by Gasteiger charge is -2.32. The van der Waals surface area contributed by atoms with E-state index in [1.54, 1.807) is 40.6 Å². The van der Waals surface area contributed by atoms with E-state index in [9.17, 15) is 4.79 Å². The quantitative estimate of drug-likeness (QED) is 0.757.